The molecular formula is C52H27BCl2F24OS. The first kappa shape index (κ1) is 63.7. The summed E-state index contributed by atoms with van der Waals surface area (Å²) in [4.78, 5) is 14.8. The monoisotopic (exact) mass is 1240 g/mol. The third-order valence-corrected chi connectivity index (χ3v) is 14.6. The van der Waals surface area contributed by atoms with E-state index >= 15 is 0 Å². The molecule has 0 spiro atoms. The highest BCUT2D eigenvalue weighted by molar-refractivity contribution is 7.97. The highest BCUT2D eigenvalue weighted by Crippen LogP contribution is 2.42. The van der Waals surface area contributed by atoms with Gasteiger partial charge in [0.25, 0.3) is 0 Å². The first-order valence-electron chi connectivity index (χ1n) is 22.1. The molecular weight excluding hydrogens is 1210 g/mol. The van der Waals surface area contributed by atoms with Crippen molar-refractivity contribution in [2.24, 2.45) is 0 Å². The van der Waals surface area contributed by atoms with Gasteiger partial charge in [0.1, 0.15) is 6.15 Å². The van der Waals surface area contributed by atoms with Crippen molar-refractivity contribution in [3.63, 3.8) is 0 Å². The number of carbonyl (C=O) groups is 1. The SMILES string of the molecule is FC(F)(F)c1cc([B-](c2cc(C(F)(F)F)cc(C(F)(F)F)c2)(c2cc(C(F)(F)F)cc(C(F)(F)F)c2)c2cc(C(F)(F)F)cc(C(F)(F)F)c2)cc(C(F)(F)F)c1.O=C(C[S+](c1cccc(Cl)c1)c1cccc(Cl)c1)c1ccccc1. The Morgan fingerprint density at radius 1 is 0.321 bits per heavy atom. The number of alkyl halides is 24. The van der Waals surface area contributed by atoms with Gasteiger partial charge in [0.05, 0.1) is 55.4 Å². The second kappa shape index (κ2) is 22.7. The van der Waals surface area contributed by atoms with Crippen LogP contribution in [0.1, 0.15) is 54.9 Å². The minimum Gasteiger partial charge on any atom is -0.289 e. The summed E-state index contributed by atoms with van der Waals surface area (Å²) in [6, 6.07) is 15.9. The topological polar surface area (TPSA) is 17.1 Å². The Morgan fingerprint density at radius 2 is 0.556 bits per heavy atom. The number of hydrogen-bond acceptors (Lipinski definition) is 1. The average molecular weight is 1240 g/mol. The Labute approximate surface area is 453 Å². The standard InChI is InChI=1S/C32H12BF24.C20H15Cl2OS/c34-25(35,36)13-1-14(26(37,38)39)6-21(5-13)33(22-7-15(27(40,41)42)2-16(8-22)28(43,44)45,23-9-17(29(46,47)48)3-18(10-23)30(49,50)51)24-11-19(31(52,53)54)4-20(12-24)32(55,56)57;21-16-8-4-10-18(12-16)24(19-11-5-9-17(22)13-19)14-20(23)15-6-2-1-3-7-15/h1-12H;1-13H,14H2/q-1;+1. The van der Waals surface area contributed by atoms with E-state index < -0.39 is 206 Å². The predicted octanol–water partition coefficient (Wildman–Crippen LogP) is 17.1. The normalized spacial score (nSPS) is 13.3. The fourth-order valence-electron chi connectivity index (χ4n) is 8.45. The van der Waals surface area contributed by atoms with Crippen molar-refractivity contribution in [2.45, 2.75) is 59.2 Å². The van der Waals surface area contributed by atoms with Gasteiger partial charge in [-0.05, 0) is 48.5 Å². The van der Waals surface area contributed by atoms with Crippen LogP contribution in [0.5, 0.6) is 0 Å². The molecule has 0 saturated heterocycles. The summed E-state index contributed by atoms with van der Waals surface area (Å²) in [6.07, 6.45) is -54.8. The first-order valence-corrected chi connectivity index (χ1v) is 24.2. The van der Waals surface area contributed by atoms with Crippen molar-refractivity contribution in [3.05, 3.63) is 212 Å². The number of rotatable bonds is 9. The number of halogens is 26. The lowest BCUT2D eigenvalue weighted by Crippen LogP contribution is -2.75. The summed E-state index contributed by atoms with van der Waals surface area (Å²) in [5, 5.41) is 1.33. The van der Waals surface area contributed by atoms with Gasteiger partial charge in [0.15, 0.2) is 15.5 Å². The molecule has 0 aliphatic heterocycles. The molecule has 0 heterocycles. The van der Waals surface area contributed by atoms with Crippen LogP contribution in [0.3, 0.4) is 0 Å². The maximum Gasteiger partial charge on any atom is 0.416 e. The summed E-state index contributed by atoms with van der Waals surface area (Å²) in [5.41, 5.74) is -29.5. The van der Waals surface area contributed by atoms with Gasteiger partial charge in [-0.2, -0.15) is 127 Å². The van der Waals surface area contributed by atoms with Crippen molar-refractivity contribution in [3.8, 4) is 0 Å². The van der Waals surface area contributed by atoms with Gasteiger partial charge in [0, 0.05) is 27.7 Å². The molecule has 0 aliphatic rings. The summed E-state index contributed by atoms with van der Waals surface area (Å²) in [6.45, 7) is 0. The van der Waals surface area contributed by atoms with Crippen LogP contribution in [-0.4, -0.2) is 17.7 Å². The Morgan fingerprint density at radius 3 is 0.765 bits per heavy atom. The zero-order valence-corrected chi connectivity index (χ0v) is 41.7. The Kier molecular flexibility index (Phi) is 17.9. The fraction of sp³-hybridized carbons (Fsp3) is 0.173. The molecule has 29 heteroatoms. The average Bonchev–Trinajstić information content (AvgIpc) is 2.95. The van der Waals surface area contributed by atoms with Crippen LogP contribution < -0.4 is 21.9 Å². The number of hydrogen-bond donors (Lipinski definition) is 0. The van der Waals surface area contributed by atoms with E-state index in [0.29, 0.717) is 15.8 Å². The lowest BCUT2D eigenvalue weighted by molar-refractivity contribution is -0.144. The third-order valence-electron chi connectivity index (χ3n) is 12.0. The van der Waals surface area contributed by atoms with E-state index in [9.17, 15) is 110 Å². The van der Waals surface area contributed by atoms with Crippen LogP contribution >= 0.6 is 23.2 Å². The summed E-state index contributed by atoms with van der Waals surface area (Å²) in [7, 11) is -0.421. The van der Waals surface area contributed by atoms with Gasteiger partial charge in [0.2, 0.25) is 5.78 Å². The Balaban J connectivity index is 0.000000363. The van der Waals surface area contributed by atoms with Gasteiger partial charge in [-0.3, -0.25) is 4.79 Å². The van der Waals surface area contributed by atoms with E-state index in [2.05, 4.69) is 0 Å². The van der Waals surface area contributed by atoms with Crippen LogP contribution in [0.2, 0.25) is 10.0 Å². The number of carbonyl (C=O) groups excluding carboxylic acids is 1. The van der Waals surface area contributed by atoms with Crippen LogP contribution in [0, 0.1) is 0 Å². The van der Waals surface area contributed by atoms with Gasteiger partial charge in [-0.1, -0.05) is 114 Å². The Hall–Kier alpha value is -6.48. The van der Waals surface area contributed by atoms with E-state index in [1.54, 1.807) is 0 Å². The molecule has 7 aromatic rings. The molecule has 81 heavy (non-hydrogen) atoms. The summed E-state index contributed by atoms with van der Waals surface area (Å²) < 4.78 is 341. The second-order valence-electron chi connectivity index (χ2n) is 17.5. The predicted molar refractivity (Wildman–Crippen MR) is 253 cm³/mol. The minimum absolute atomic E-state index is 0.110. The maximum atomic E-state index is 14.2. The van der Waals surface area contributed by atoms with Crippen molar-refractivity contribution < 1.29 is 110 Å². The maximum absolute atomic E-state index is 14.2. The smallest absolute Gasteiger partial charge is 0.289 e. The molecule has 7 aromatic carbocycles. The van der Waals surface area contributed by atoms with Crippen LogP contribution in [0.25, 0.3) is 0 Å². The zero-order chi connectivity index (χ0) is 60.9. The van der Waals surface area contributed by atoms with Crippen LogP contribution in [-0.2, 0) is 60.3 Å². The van der Waals surface area contributed by atoms with E-state index in [1.807, 2.05) is 78.9 Å². The number of Topliss-reactive ketones (excluding diaryl/α,β-unsaturated/α-hetero) is 1. The molecule has 0 unspecified atom stereocenters. The van der Waals surface area contributed by atoms with Crippen molar-refractivity contribution in [2.75, 3.05) is 5.75 Å². The highest BCUT2D eigenvalue weighted by atomic mass is 35.5. The van der Waals surface area contributed by atoms with Gasteiger partial charge in [-0.25, -0.2) is 0 Å². The van der Waals surface area contributed by atoms with E-state index in [4.69, 9.17) is 23.2 Å². The second-order valence-corrected chi connectivity index (χ2v) is 20.3. The number of benzene rings is 7. The molecule has 0 atom stereocenters. The van der Waals surface area contributed by atoms with E-state index in [0.717, 1.165) is 15.4 Å². The molecule has 0 radical (unpaired) electrons. The lowest BCUT2D eigenvalue weighted by atomic mass is 9.12. The molecule has 0 aliphatic carbocycles. The molecule has 0 fully saturated rings. The molecule has 1 nitrogen and oxygen atoms in total. The molecule has 0 bridgehead atoms. The zero-order valence-electron chi connectivity index (χ0n) is 39.4. The molecule has 0 amide bonds. The third kappa shape index (κ3) is 15.2. The van der Waals surface area contributed by atoms with Crippen molar-refractivity contribution in [1.29, 1.82) is 0 Å². The van der Waals surface area contributed by atoms with E-state index in [-0.39, 0.29) is 5.78 Å². The largest absolute Gasteiger partial charge is 0.416 e. The van der Waals surface area contributed by atoms with Gasteiger partial charge in [-0.15, -0.1) is 0 Å². The summed E-state index contributed by atoms with van der Waals surface area (Å²) in [5.74, 6) is 0.504. The van der Waals surface area contributed by atoms with Crippen LogP contribution in [0.15, 0.2) is 161 Å². The minimum atomic E-state index is -6.13. The molecule has 7 rings (SSSR count). The molecule has 0 N–H and O–H groups in total. The molecule has 432 valence electrons. The highest BCUT2D eigenvalue weighted by Gasteiger charge is 2.47. The first-order chi connectivity index (χ1) is 36.9. The van der Waals surface area contributed by atoms with E-state index in [1.165, 1.54) is 0 Å². The van der Waals surface area contributed by atoms with Gasteiger partial charge >= 0.3 is 49.4 Å². The molecule has 0 saturated carbocycles. The van der Waals surface area contributed by atoms with Gasteiger partial charge < -0.3 is 0 Å². The molecule has 0 aromatic heterocycles. The quantitative estimate of drug-likeness (QED) is 0.0609. The van der Waals surface area contributed by atoms with Crippen LogP contribution in [0.4, 0.5) is 105 Å². The number of ketones is 1. The Bertz CT molecular complexity index is 2930. The summed E-state index contributed by atoms with van der Waals surface area (Å²) >= 11 is 12.3. The van der Waals surface area contributed by atoms with Crippen molar-refractivity contribution in [1.82, 2.24) is 0 Å². The van der Waals surface area contributed by atoms with Crippen molar-refractivity contribution >= 4 is 67.9 Å². The lowest BCUT2D eigenvalue weighted by Gasteiger charge is -2.46. The fourth-order valence-corrected chi connectivity index (χ4v) is 11.0.